The van der Waals surface area contributed by atoms with Crippen molar-refractivity contribution in [3.63, 3.8) is 0 Å². The fraction of sp³-hybridized carbons (Fsp3) is 0.455. The number of halogens is 1. The normalized spacial score (nSPS) is 15.3. The van der Waals surface area contributed by atoms with E-state index in [1.807, 2.05) is 6.26 Å². The van der Waals surface area contributed by atoms with Crippen LogP contribution in [0.3, 0.4) is 0 Å². The quantitative estimate of drug-likeness (QED) is 0.840. The first-order valence-corrected chi connectivity index (χ1v) is 8.47. The van der Waals surface area contributed by atoms with E-state index in [0.29, 0.717) is 5.02 Å². The number of sulfonamides is 1. The lowest BCUT2D eigenvalue weighted by Gasteiger charge is -2.21. The van der Waals surface area contributed by atoms with Crippen molar-refractivity contribution in [2.45, 2.75) is 23.1 Å². The molecular weight excluding hydrogens is 294 g/mol. The monoisotopic (exact) mass is 309 g/mol. The van der Waals surface area contributed by atoms with Gasteiger partial charge in [-0.15, -0.1) is 0 Å². The Balaban J connectivity index is 2.85. The van der Waals surface area contributed by atoms with Crippen LogP contribution in [0.15, 0.2) is 29.2 Å². The molecule has 0 aromatic heterocycles. The molecule has 0 aliphatic rings. The molecule has 0 bridgehead atoms. The first kappa shape index (κ1) is 15.8. The average Bonchev–Trinajstić information content (AvgIpc) is 2.30. The molecule has 1 aromatic carbocycles. The van der Waals surface area contributed by atoms with Crippen molar-refractivity contribution in [2.75, 3.05) is 12.9 Å². The molecular formula is C11H16ClNO3S2. The van der Waals surface area contributed by atoms with E-state index in [1.165, 1.54) is 36.0 Å². The molecule has 4 nitrogen and oxygen atoms in total. The van der Waals surface area contributed by atoms with Gasteiger partial charge >= 0.3 is 0 Å². The first-order valence-electron chi connectivity index (χ1n) is 5.32. The van der Waals surface area contributed by atoms with E-state index in [9.17, 15) is 8.42 Å². The number of aliphatic hydroxyl groups is 1. The van der Waals surface area contributed by atoms with Crippen molar-refractivity contribution in [3.8, 4) is 0 Å². The third-order valence-corrected chi connectivity index (χ3v) is 5.50. The van der Waals surface area contributed by atoms with Crippen LogP contribution in [0.1, 0.15) is 6.92 Å². The maximum Gasteiger partial charge on any atom is 0.240 e. The van der Waals surface area contributed by atoms with Crippen LogP contribution in [0, 0.1) is 0 Å². The molecule has 0 saturated heterocycles. The third-order valence-electron chi connectivity index (χ3n) is 2.51. The van der Waals surface area contributed by atoms with Crippen LogP contribution in [-0.2, 0) is 10.0 Å². The van der Waals surface area contributed by atoms with Crippen molar-refractivity contribution >= 4 is 33.4 Å². The summed E-state index contributed by atoms with van der Waals surface area (Å²) in [5, 5.41) is 9.44. The van der Waals surface area contributed by atoms with Gasteiger partial charge in [0.05, 0.1) is 11.5 Å². The minimum atomic E-state index is -3.57. The molecule has 1 rings (SSSR count). The number of hydrogen-bond donors (Lipinski definition) is 2. The van der Waals surface area contributed by atoms with E-state index in [2.05, 4.69) is 4.72 Å². The zero-order chi connectivity index (χ0) is 13.8. The lowest BCUT2D eigenvalue weighted by molar-refractivity contribution is 0.282. The summed E-state index contributed by atoms with van der Waals surface area (Å²) in [7, 11) is -3.57. The van der Waals surface area contributed by atoms with Crippen molar-refractivity contribution in [1.29, 1.82) is 0 Å². The second-order valence-corrected chi connectivity index (χ2v) is 7.05. The van der Waals surface area contributed by atoms with Crippen LogP contribution in [-0.4, -0.2) is 37.7 Å². The van der Waals surface area contributed by atoms with Crippen LogP contribution in [0.25, 0.3) is 0 Å². The van der Waals surface area contributed by atoms with Gasteiger partial charge < -0.3 is 5.11 Å². The first-order chi connectivity index (χ1) is 8.40. The van der Waals surface area contributed by atoms with Gasteiger partial charge in [-0.2, -0.15) is 11.8 Å². The molecule has 7 heteroatoms. The molecule has 0 radical (unpaired) electrons. The minimum Gasteiger partial charge on any atom is -0.395 e. The molecule has 0 heterocycles. The summed E-state index contributed by atoms with van der Waals surface area (Å²) in [5.41, 5.74) is 0. The molecule has 2 atom stereocenters. The number of rotatable bonds is 6. The Bertz CT molecular complexity index is 472. The molecule has 0 amide bonds. The zero-order valence-electron chi connectivity index (χ0n) is 10.1. The maximum atomic E-state index is 12.0. The molecule has 1 aromatic rings. The number of nitrogens with one attached hydrogen (secondary N) is 1. The van der Waals surface area contributed by atoms with Crippen LogP contribution in [0.2, 0.25) is 5.02 Å². The van der Waals surface area contributed by atoms with Crippen molar-refractivity contribution in [3.05, 3.63) is 29.3 Å². The molecule has 0 aliphatic heterocycles. The van der Waals surface area contributed by atoms with E-state index in [1.54, 1.807) is 6.92 Å². The highest BCUT2D eigenvalue weighted by Crippen LogP contribution is 2.16. The Morgan fingerprint density at radius 3 is 2.39 bits per heavy atom. The van der Waals surface area contributed by atoms with Crippen molar-refractivity contribution in [2.24, 2.45) is 0 Å². The van der Waals surface area contributed by atoms with E-state index in [4.69, 9.17) is 16.7 Å². The Morgan fingerprint density at radius 1 is 1.39 bits per heavy atom. The maximum absolute atomic E-state index is 12.0. The Morgan fingerprint density at radius 2 is 1.94 bits per heavy atom. The fourth-order valence-corrected chi connectivity index (χ4v) is 3.56. The summed E-state index contributed by atoms with van der Waals surface area (Å²) in [5.74, 6) is 0. The SMILES string of the molecule is CS[C@H](CO)[C@H](C)NS(=O)(=O)c1ccc(Cl)cc1. The van der Waals surface area contributed by atoms with Gasteiger partial charge in [-0.1, -0.05) is 11.6 Å². The molecule has 0 spiro atoms. The van der Waals surface area contributed by atoms with Gasteiger partial charge in [0.1, 0.15) is 0 Å². The highest BCUT2D eigenvalue weighted by molar-refractivity contribution is 7.99. The lowest BCUT2D eigenvalue weighted by Crippen LogP contribution is -2.41. The highest BCUT2D eigenvalue weighted by Gasteiger charge is 2.22. The van der Waals surface area contributed by atoms with Gasteiger partial charge in [-0.3, -0.25) is 0 Å². The Hall–Kier alpha value is -0.270. The lowest BCUT2D eigenvalue weighted by atomic mass is 10.3. The van der Waals surface area contributed by atoms with Gasteiger partial charge in [-0.25, -0.2) is 13.1 Å². The molecule has 0 aliphatic carbocycles. The fourth-order valence-electron chi connectivity index (χ4n) is 1.44. The van der Waals surface area contributed by atoms with Gasteiger partial charge in [0, 0.05) is 16.3 Å². The largest absolute Gasteiger partial charge is 0.395 e. The summed E-state index contributed by atoms with van der Waals surface area (Å²) in [6.07, 6.45) is 1.83. The van der Waals surface area contributed by atoms with Crippen LogP contribution >= 0.6 is 23.4 Å². The average molecular weight is 310 g/mol. The van der Waals surface area contributed by atoms with E-state index >= 15 is 0 Å². The van der Waals surface area contributed by atoms with E-state index < -0.39 is 10.0 Å². The summed E-state index contributed by atoms with van der Waals surface area (Å²) in [6, 6.07) is 5.60. The number of hydrogen-bond acceptors (Lipinski definition) is 4. The third kappa shape index (κ3) is 4.13. The summed E-state index contributed by atoms with van der Waals surface area (Å²) in [6.45, 7) is 1.65. The predicted molar refractivity (Wildman–Crippen MR) is 75.6 cm³/mol. The predicted octanol–water partition coefficient (Wildman–Crippen LogP) is 1.73. The molecule has 18 heavy (non-hydrogen) atoms. The van der Waals surface area contributed by atoms with Crippen molar-refractivity contribution < 1.29 is 13.5 Å². The minimum absolute atomic E-state index is 0.0779. The second kappa shape index (κ2) is 6.77. The molecule has 2 N–H and O–H groups in total. The number of aliphatic hydroxyl groups excluding tert-OH is 1. The zero-order valence-corrected chi connectivity index (χ0v) is 12.5. The van der Waals surface area contributed by atoms with Gasteiger partial charge in [0.2, 0.25) is 10.0 Å². The standard InChI is InChI=1S/C11H16ClNO3S2/c1-8(11(7-14)17-2)13-18(15,16)10-5-3-9(12)4-6-10/h3-6,8,11,13-14H,7H2,1-2H3/t8-,11+/m0/s1. The number of benzene rings is 1. The van der Waals surface area contributed by atoms with Crippen molar-refractivity contribution in [1.82, 2.24) is 4.72 Å². The highest BCUT2D eigenvalue weighted by atomic mass is 35.5. The van der Waals surface area contributed by atoms with E-state index in [-0.39, 0.29) is 22.8 Å². The molecule has 102 valence electrons. The molecule has 0 fully saturated rings. The summed E-state index contributed by atoms with van der Waals surface area (Å²) < 4.78 is 26.6. The summed E-state index contributed by atoms with van der Waals surface area (Å²) >= 11 is 7.13. The topological polar surface area (TPSA) is 66.4 Å². The second-order valence-electron chi connectivity index (χ2n) is 3.82. The Kier molecular flexibility index (Phi) is 5.94. The Labute approximate surface area is 117 Å². The molecule has 0 unspecified atom stereocenters. The van der Waals surface area contributed by atoms with Crippen LogP contribution < -0.4 is 4.72 Å². The van der Waals surface area contributed by atoms with Gasteiger partial charge in [0.25, 0.3) is 0 Å². The number of thioether (sulfide) groups is 1. The van der Waals surface area contributed by atoms with Gasteiger partial charge in [0.15, 0.2) is 0 Å². The molecule has 0 saturated carbocycles. The van der Waals surface area contributed by atoms with Gasteiger partial charge in [-0.05, 0) is 37.4 Å². The summed E-state index contributed by atoms with van der Waals surface area (Å²) in [4.78, 5) is 0.163. The smallest absolute Gasteiger partial charge is 0.240 e. The van der Waals surface area contributed by atoms with E-state index in [0.717, 1.165) is 0 Å². The van der Waals surface area contributed by atoms with Crippen LogP contribution in [0.4, 0.5) is 0 Å². The van der Waals surface area contributed by atoms with Crippen LogP contribution in [0.5, 0.6) is 0 Å².